The Morgan fingerprint density at radius 3 is 2.80 bits per heavy atom. The summed E-state index contributed by atoms with van der Waals surface area (Å²) in [5.74, 6) is -0.121. The Balaban J connectivity index is 1.89. The lowest BCUT2D eigenvalue weighted by molar-refractivity contribution is -0.141. The van der Waals surface area contributed by atoms with Gasteiger partial charge in [0.05, 0.1) is 12.0 Å². The van der Waals surface area contributed by atoms with Gasteiger partial charge in [0.2, 0.25) is 11.8 Å². The van der Waals surface area contributed by atoms with Gasteiger partial charge in [-0.1, -0.05) is 32.0 Å². The number of amides is 2. The SMILES string of the molecule is CC1(C)CC(=O)N(Cc2cccc3c2NCCC3)C1=O. The fraction of sp³-hybridized carbons (Fsp3) is 0.500. The predicted octanol–water partition coefficient (Wildman–Crippen LogP) is 2.33. The molecule has 2 heterocycles. The van der Waals surface area contributed by atoms with Gasteiger partial charge in [-0.3, -0.25) is 14.5 Å². The predicted molar refractivity (Wildman–Crippen MR) is 77.2 cm³/mol. The van der Waals surface area contributed by atoms with Crippen molar-refractivity contribution in [2.24, 2.45) is 5.41 Å². The molecule has 0 unspecified atom stereocenters. The largest absolute Gasteiger partial charge is 0.385 e. The van der Waals surface area contributed by atoms with Gasteiger partial charge in [0.25, 0.3) is 0 Å². The third-order valence-corrected chi connectivity index (χ3v) is 4.21. The van der Waals surface area contributed by atoms with Gasteiger partial charge in [0, 0.05) is 18.7 Å². The minimum Gasteiger partial charge on any atom is -0.385 e. The molecule has 1 fully saturated rings. The number of imide groups is 1. The quantitative estimate of drug-likeness (QED) is 0.841. The molecule has 1 N–H and O–H groups in total. The maximum Gasteiger partial charge on any atom is 0.235 e. The Morgan fingerprint density at radius 1 is 1.30 bits per heavy atom. The molecule has 106 valence electrons. The fourth-order valence-corrected chi connectivity index (χ4v) is 3.07. The second kappa shape index (κ2) is 4.62. The summed E-state index contributed by atoms with van der Waals surface area (Å²) in [5, 5.41) is 3.41. The van der Waals surface area contributed by atoms with Crippen molar-refractivity contribution in [2.45, 2.75) is 39.7 Å². The first-order valence-corrected chi connectivity index (χ1v) is 7.18. The summed E-state index contributed by atoms with van der Waals surface area (Å²) in [6, 6.07) is 6.13. The third kappa shape index (κ3) is 2.09. The van der Waals surface area contributed by atoms with Crippen LogP contribution in [0.1, 0.15) is 37.8 Å². The fourth-order valence-electron chi connectivity index (χ4n) is 3.07. The van der Waals surface area contributed by atoms with Crippen LogP contribution in [0.15, 0.2) is 18.2 Å². The van der Waals surface area contributed by atoms with Crippen LogP contribution < -0.4 is 5.32 Å². The van der Waals surface area contributed by atoms with Crippen LogP contribution >= 0.6 is 0 Å². The van der Waals surface area contributed by atoms with Gasteiger partial charge in [0.1, 0.15) is 0 Å². The van der Waals surface area contributed by atoms with E-state index < -0.39 is 5.41 Å². The Labute approximate surface area is 119 Å². The van der Waals surface area contributed by atoms with Crippen molar-refractivity contribution in [2.75, 3.05) is 11.9 Å². The van der Waals surface area contributed by atoms with Crippen molar-refractivity contribution >= 4 is 17.5 Å². The number of benzene rings is 1. The van der Waals surface area contributed by atoms with E-state index in [2.05, 4.69) is 11.4 Å². The minimum atomic E-state index is -0.556. The van der Waals surface area contributed by atoms with Gasteiger partial charge >= 0.3 is 0 Å². The standard InChI is InChI=1S/C16H20N2O2/c1-16(2)9-13(19)18(15(16)20)10-12-6-3-5-11-7-4-8-17-14(11)12/h3,5-6,17H,4,7-10H2,1-2H3. The molecule has 20 heavy (non-hydrogen) atoms. The second-order valence-electron chi connectivity index (χ2n) is 6.33. The van der Waals surface area contributed by atoms with Crippen LogP contribution in [0.2, 0.25) is 0 Å². The van der Waals surface area contributed by atoms with E-state index in [4.69, 9.17) is 0 Å². The molecule has 2 aliphatic rings. The molecule has 0 spiro atoms. The number of anilines is 1. The average molecular weight is 272 g/mol. The number of fused-ring (bicyclic) bond motifs is 1. The molecule has 1 aromatic rings. The molecular formula is C16H20N2O2. The smallest absolute Gasteiger partial charge is 0.235 e. The Hall–Kier alpha value is -1.84. The molecule has 4 nitrogen and oxygen atoms in total. The van der Waals surface area contributed by atoms with Crippen LogP contribution in [0.5, 0.6) is 0 Å². The number of hydrogen-bond donors (Lipinski definition) is 1. The minimum absolute atomic E-state index is 0.0593. The number of aryl methyl sites for hydroxylation is 1. The summed E-state index contributed by atoms with van der Waals surface area (Å²) in [4.78, 5) is 25.8. The number of para-hydroxylation sites is 1. The van der Waals surface area contributed by atoms with Crippen molar-refractivity contribution < 1.29 is 9.59 Å². The molecule has 0 atom stereocenters. The van der Waals surface area contributed by atoms with E-state index in [0.29, 0.717) is 13.0 Å². The van der Waals surface area contributed by atoms with Crippen molar-refractivity contribution in [1.29, 1.82) is 0 Å². The number of nitrogens with zero attached hydrogens (tertiary/aromatic N) is 1. The molecule has 4 heteroatoms. The van der Waals surface area contributed by atoms with E-state index >= 15 is 0 Å². The average Bonchev–Trinajstić information content (AvgIpc) is 2.61. The first kappa shape index (κ1) is 13.2. The topological polar surface area (TPSA) is 49.4 Å². The maximum absolute atomic E-state index is 12.3. The summed E-state index contributed by atoms with van der Waals surface area (Å²) in [6.45, 7) is 5.02. The zero-order chi connectivity index (χ0) is 14.3. The summed E-state index contributed by atoms with van der Waals surface area (Å²) in [7, 11) is 0. The Morgan fingerprint density at radius 2 is 2.10 bits per heavy atom. The summed E-state index contributed by atoms with van der Waals surface area (Å²) < 4.78 is 0. The summed E-state index contributed by atoms with van der Waals surface area (Å²) in [5.41, 5.74) is 2.89. The van der Waals surface area contributed by atoms with Gasteiger partial charge in [-0.15, -0.1) is 0 Å². The first-order chi connectivity index (χ1) is 9.49. The molecular weight excluding hydrogens is 252 g/mol. The van der Waals surface area contributed by atoms with Gasteiger partial charge in [-0.2, -0.15) is 0 Å². The molecule has 2 aliphatic heterocycles. The van der Waals surface area contributed by atoms with Gasteiger partial charge in [0.15, 0.2) is 0 Å². The zero-order valence-corrected chi connectivity index (χ0v) is 12.0. The highest BCUT2D eigenvalue weighted by Crippen LogP contribution is 2.34. The van der Waals surface area contributed by atoms with Crippen LogP contribution in [-0.4, -0.2) is 23.3 Å². The number of carbonyl (C=O) groups is 2. The number of hydrogen-bond acceptors (Lipinski definition) is 3. The third-order valence-electron chi connectivity index (χ3n) is 4.21. The van der Waals surface area contributed by atoms with E-state index in [1.165, 1.54) is 10.5 Å². The van der Waals surface area contributed by atoms with Crippen LogP contribution in [-0.2, 0) is 22.6 Å². The highest BCUT2D eigenvalue weighted by atomic mass is 16.2. The molecule has 3 rings (SSSR count). The lowest BCUT2D eigenvalue weighted by Gasteiger charge is -2.24. The van der Waals surface area contributed by atoms with Crippen LogP contribution in [0.25, 0.3) is 0 Å². The van der Waals surface area contributed by atoms with Gasteiger partial charge < -0.3 is 5.32 Å². The molecule has 0 radical (unpaired) electrons. The van der Waals surface area contributed by atoms with E-state index in [1.807, 2.05) is 26.0 Å². The lowest BCUT2D eigenvalue weighted by Crippen LogP contribution is -2.33. The van der Waals surface area contributed by atoms with E-state index in [-0.39, 0.29) is 11.8 Å². The molecule has 2 amide bonds. The van der Waals surface area contributed by atoms with E-state index in [9.17, 15) is 9.59 Å². The molecule has 1 saturated heterocycles. The normalized spacial score (nSPS) is 20.8. The number of rotatable bonds is 2. The molecule has 0 saturated carbocycles. The second-order valence-corrected chi connectivity index (χ2v) is 6.33. The van der Waals surface area contributed by atoms with Crippen molar-refractivity contribution in [3.8, 4) is 0 Å². The Bertz CT molecular complexity index is 578. The number of carbonyl (C=O) groups excluding carboxylic acids is 2. The van der Waals surface area contributed by atoms with Crippen molar-refractivity contribution in [3.63, 3.8) is 0 Å². The monoisotopic (exact) mass is 272 g/mol. The van der Waals surface area contributed by atoms with E-state index in [0.717, 1.165) is 30.6 Å². The lowest BCUT2D eigenvalue weighted by atomic mass is 9.92. The van der Waals surface area contributed by atoms with Crippen molar-refractivity contribution in [3.05, 3.63) is 29.3 Å². The highest BCUT2D eigenvalue weighted by Gasteiger charge is 2.44. The van der Waals surface area contributed by atoms with Crippen molar-refractivity contribution in [1.82, 2.24) is 4.90 Å². The van der Waals surface area contributed by atoms with Crippen LogP contribution in [0.4, 0.5) is 5.69 Å². The summed E-state index contributed by atoms with van der Waals surface area (Å²) >= 11 is 0. The first-order valence-electron chi connectivity index (χ1n) is 7.18. The number of likely N-dealkylation sites (tertiary alicyclic amines) is 1. The number of nitrogens with one attached hydrogen (secondary N) is 1. The Kier molecular flexibility index (Phi) is 3.04. The molecule has 1 aromatic carbocycles. The van der Waals surface area contributed by atoms with Crippen LogP contribution in [0, 0.1) is 5.41 Å². The maximum atomic E-state index is 12.3. The van der Waals surface area contributed by atoms with Gasteiger partial charge in [-0.25, -0.2) is 0 Å². The molecule has 0 aliphatic carbocycles. The summed E-state index contributed by atoms with van der Waals surface area (Å²) in [6.07, 6.45) is 2.50. The van der Waals surface area contributed by atoms with Crippen LogP contribution in [0.3, 0.4) is 0 Å². The van der Waals surface area contributed by atoms with E-state index in [1.54, 1.807) is 0 Å². The molecule has 0 bridgehead atoms. The zero-order valence-electron chi connectivity index (χ0n) is 12.0. The molecule has 0 aromatic heterocycles. The van der Waals surface area contributed by atoms with Gasteiger partial charge in [-0.05, 0) is 24.0 Å². The highest BCUT2D eigenvalue weighted by molar-refractivity contribution is 6.05.